The van der Waals surface area contributed by atoms with Crippen molar-refractivity contribution in [1.29, 1.82) is 0 Å². The first-order chi connectivity index (χ1) is 14.1. The molecule has 2 N–H and O–H groups in total. The molecule has 0 aliphatic heterocycles. The van der Waals surface area contributed by atoms with E-state index in [4.69, 9.17) is 4.74 Å². The van der Waals surface area contributed by atoms with Crippen LogP contribution in [0.15, 0.2) is 67.1 Å². The molecule has 0 fully saturated rings. The summed E-state index contributed by atoms with van der Waals surface area (Å²) in [7, 11) is 1.26. The van der Waals surface area contributed by atoms with Crippen LogP contribution in [0.2, 0.25) is 0 Å². The number of amides is 2. The van der Waals surface area contributed by atoms with E-state index < -0.39 is 17.8 Å². The fraction of sp³-hybridized carbons (Fsp3) is 0.0952. The summed E-state index contributed by atoms with van der Waals surface area (Å²) in [6.45, 7) is 0.311. The number of ether oxygens (including phenoxy) is 1. The Kier molecular flexibility index (Phi) is 6.26. The highest BCUT2D eigenvalue weighted by Gasteiger charge is 2.16. The molecule has 146 valence electrons. The van der Waals surface area contributed by atoms with Crippen LogP contribution in [0.4, 0.5) is 5.69 Å². The van der Waals surface area contributed by atoms with Crippen molar-refractivity contribution in [2.24, 2.45) is 0 Å². The summed E-state index contributed by atoms with van der Waals surface area (Å²) in [6.07, 6.45) is 4.65. The zero-order valence-electron chi connectivity index (χ0n) is 15.6. The van der Waals surface area contributed by atoms with Gasteiger partial charge in [0.05, 0.1) is 18.4 Å². The van der Waals surface area contributed by atoms with Gasteiger partial charge in [0.15, 0.2) is 0 Å². The van der Waals surface area contributed by atoms with E-state index in [2.05, 4.69) is 20.6 Å². The first-order valence-corrected chi connectivity index (χ1v) is 8.70. The maximum Gasteiger partial charge on any atom is 0.339 e. The summed E-state index contributed by atoms with van der Waals surface area (Å²) < 4.78 is 4.72. The zero-order valence-corrected chi connectivity index (χ0v) is 15.6. The van der Waals surface area contributed by atoms with Crippen LogP contribution < -0.4 is 10.6 Å². The number of nitrogens with one attached hydrogen (secondary N) is 2. The van der Waals surface area contributed by atoms with E-state index in [1.807, 2.05) is 0 Å². The van der Waals surface area contributed by atoms with Crippen LogP contribution in [0.5, 0.6) is 0 Å². The predicted molar refractivity (Wildman–Crippen MR) is 105 cm³/mol. The summed E-state index contributed by atoms with van der Waals surface area (Å²) in [6, 6.07) is 12.9. The van der Waals surface area contributed by atoms with Crippen molar-refractivity contribution in [3.05, 3.63) is 89.5 Å². The number of rotatable bonds is 6. The van der Waals surface area contributed by atoms with Crippen molar-refractivity contribution in [2.75, 3.05) is 12.4 Å². The molecule has 0 atom stereocenters. The van der Waals surface area contributed by atoms with Crippen LogP contribution in [-0.4, -0.2) is 34.9 Å². The average Bonchev–Trinajstić information content (AvgIpc) is 2.78. The van der Waals surface area contributed by atoms with Gasteiger partial charge in [0.25, 0.3) is 11.8 Å². The number of hydrogen-bond acceptors (Lipinski definition) is 6. The molecule has 8 heteroatoms. The van der Waals surface area contributed by atoms with Gasteiger partial charge in [0.1, 0.15) is 5.69 Å². The minimum absolute atomic E-state index is 0.105. The summed E-state index contributed by atoms with van der Waals surface area (Å²) in [5.74, 6) is -1.45. The highest BCUT2D eigenvalue weighted by molar-refractivity contribution is 6.08. The van der Waals surface area contributed by atoms with Crippen LogP contribution in [0.25, 0.3) is 0 Å². The molecule has 29 heavy (non-hydrogen) atoms. The lowest BCUT2D eigenvalue weighted by molar-refractivity contribution is 0.0601. The molecule has 3 rings (SSSR count). The lowest BCUT2D eigenvalue weighted by Crippen LogP contribution is -2.24. The van der Waals surface area contributed by atoms with Crippen molar-refractivity contribution in [2.45, 2.75) is 6.54 Å². The monoisotopic (exact) mass is 390 g/mol. The van der Waals surface area contributed by atoms with Gasteiger partial charge in [-0.25, -0.2) is 4.79 Å². The van der Waals surface area contributed by atoms with Crippen molar-refractivity contribution in [1.82, 2.24) is 15.3 Å². The molecular weight excluding hydrogens is 372 g/mol. The Bertz CT molecular complexity index is 1040. The fourth-order valence-electron chi connectivity index (χ4n) is 2.54. The van der Waals surface area contributed by atoms with Crippen LogP contribution in [-0.2, 0) is 11.3 Å². The van der Waals surface area contributed by atoms with Gasteiger partial charge in [-0.1, -0.05) is 12.1 Å². The fourth-order valence-corrected chi connectivity index (χ4v) is 2.54. The van der Waals surface area contributed by atoms with Crippen molar-refractivity contribution < 1.29 is 19.1 Å². The zero-order chi connectivity index (χ0) is 20.6. The van der Waals surface area contributed by atoms with E-state index in [9.17, 15) is 14.4 Å². The third-order valence-corrected chi connectivity index (χ3v) is 4.04. The van der Waals surface area contributed by atoms with Gasteiger partial charge in [-0.2, -0.15) is 0 Å². The number of benzene rings is 1. The van der Waals surface area contributed by atoms with Crippen LogP contribution in [0, 0.1) is 0 Å². The number of para-hydroxylation sites is 1. The van der Waals surface area contributed by atoms with E-state index in [0.29, 0.717) is 12.2 Å². The summed E-state index contributed by atoms with van der Waals surface area (Å²) in [5.41, 5.74) is 1.76. The lowest BCUT2D eigenvalue weighted by Gasteiger charge is -2.10. The second-order valence-corrected chi connectivity index (χ2v) is 5.96. The van der Waals surface area contributed by atoms with Gasteiger partial charge in [-0.3, -0.25) is 19.6 Å². The van der Waals surface area contributed by atoms with Gasteiger partial charge in [-0.05, 0) is 42.0 Å². The SMILES string of the molecule is COC(=O)c1ccccc1NC(=O)c1ccnc(C(=O)NCc2ccncc2)c1. The molecule has 8 nitrogen and oxygen atoms in total. The van der Waals surface area contributed by atoms with Crippen molar-refractivity contribution >= 4 is 23.5 Å². The molecule has 0 saturated heterocycles. The van der Waals surface area contributed by atoms with Crippen LogP contribution >= 0.6 is 0 Å². The molecule has 0 radical (unpaired) electrons. The molecule has 2 amide bonds. The number of hydrogen-bond donors (Lipinski definition) is 2. The Morgan fingerprint density at radius 1 is 0.966 bits per heavy atom. The quantitative estimate of drug-likeness (QED) is 0.626. The molecular formula is C21H18N4O4. The van der Waals surface area contributed by atoms with Crippen molar-refractivity contribution in [3.63, 3.8) is 0 Å². The van der Waals surface area contributed by atoms with E-state index in [1.165, 1.54) is 25.4 Å². The van der Waals surface area contributed by atoms with Gasteiger partial charge >= 0.3 is 5.97 Å². The maximum absolute atomic E-state index is 12.6. The van der Waals surface area contributed by atoms with Crippen LogP contribution in [0.3, 0.4) is 0 Å². The molecule has 3 aromatic rings. The molecule has 0 aliphatic rings. The molecule has 0 bridgehead atoms. The molecule has 0 saturated carbocycles. The smallest absolute Gasteiger partial charge is 0.339 e. The molecule has 0 spiro atoms. The Morgan fingerprint density at radius 3 is 2.48 bits per heavy atom. The third kappa shape index (κ3) is 5.01. The second kappa shape index (κ2) is 9.23. The number of esters is 1. The van der Waals surface area contributed by atoms with Gasteiger partial charge in [0.2, 0.25) is 0 Å². The minimum Gasteiger partial charge on any atom is -0.465 e. The molecule has 1 aromatic carbocycles. The molecule has 2 aromatic heterocycles. The Balaban J connectivity index is 1.71. The summed E-state index contributed by atoms with van der Waals surface area (Å²) in [5, 5.41) is 5.40. The van der Waals surface area contributed by atoms with Crippen LogP contribution in [0.1, 0.15) is 36.8 Å². The number of carbonyl (C=O) groups is 3. The first-order valence-electron chi connectivity index (χ1n) is 8.70. The third-order valence-electron chi connectivity index (χ3n) is 4.04. The average molecular weight is 390 g/mol. The Hall–Kier alpha value is -4.07. The number of pyridine rings is 2. The number of methoxy groups -OCH3 is 1. The second-order valence-electron chi connectivity index (χ2n) is 5.96. The molecule has 0 unspecified atom stereocenters. The van der Waals surface area contributed by atoms with Crippen molar-refractivity contribution in [3.8, 4) is 0 Å². The molecule has 2 heterocycles. The Morgan fingerprint density at radius 2 is 1.72 bits per heavy atom. The summed E-state index contributed by atoms with van der Waals surface area (Å²) >= 11 is 0. The van der Waals surface area contributed by atoms with E-state index in [1.54, 1.807) is 48.8 Å². The minimum atomic E-state index is -0.563. The summed E-state index contributed by atoms with van der Waals surface area (Å²) in [4.78, 5) is 44.7. The number of anilines is 1. The topological polar surface area (TPSA) is 110 Å². The predicted octanol–water partition coefficient (Wildman–Crippen LogP) is 2.45. The van der Waals surface area contributed by atoms with E-state index in [0.717, 1.165) is 5.56 Å². The number of carbonyl (C=O) groups excluding carboxylic acids is 3. The normalized spacial score (nSPS) is 10.1. The standard InChI is InChI=1S/C21H18N4O4/c1-29-21(28)16-4-2-3-5-17(16)25-19(26)15-8-11-23-18(12-15)20(27)24-13-14-6-9-22-10-7-14/h2-12H,13H2,1H3,(H,24,27)(H,25,26). The van der Waals surface area contributed by atoms with Gasteiger partial charge in [-0.15, -0.1) is 0 Å². The Labute approximate surface area is 167 Å². The highest BCUT2D eigenvalue weighted by Crippen LogP contribution is 2.17. The van der Waals surface area contributed by atoms with E-state index >= 15 is 0 Å². The maximum atomic E-state index is 12.6. The van der Waals surface area contributed by atoms with E-state index in [-0.39, 0.29) is 16.8 Å². The first kappa shape index (κ1) is 19.7. The van der Waals surface area contributed by atoms with Gasteiger partial charge in [0, 0.05) is 30.7 Å². The number of nitrogens with zero attached hydrogens (tertiary/aromatic N) is 2. The molecule has 0 aliphatic carbocycles. The number of aromatic nitrogens is 2. The lowest BCUT2D eigenvalue weighted by atomic mass is 10.1. The highest BCUT2D eigenvalue weighted by atomic mass is 16.5. The largest absolute Gasteiger partial charge is 0.465 e. The van der Waals surface area contributed by atoms with Gasteiger partial charge < -0.3 is 15.4 Å².